The maximum Gasteiger partial charge on any atom is 0.321 e. The van der Waals surface area contributed by atoms with Crippen molar-refractivity contribution < 1.29 is 9.59 Å². The van der Waals surface area contributed by atoms with Crippen LogP contribution in [-0.2, 0) is 13.0 Å². The van der Waals surface area contributed by atoms with Gasteiger partial charge >= 0.3 is 6.03 Å². The van der Waals surface area contributed by atoms with E-state index in [0.717, 1.165) is 42.2 Å². The van der Waals surface area contributed by atoms with E-state index < -0.39 is 0 Å². The number of carbonyl (C=O) groups is 2. The lowest BCUT2D eigenvalue weighted by molar-refractivity contribution is 0.0946. The van der Waals surface area contributed by atoms with E-state index in [0.29, 0.717) is 25.2 Å². The summed E-state index contributed by atoms with van der Waals surface area (Å²) in [6.45, 7) is 2.50. The monoisotopic (exact) mass is 409 g/mol. The maximum atomic E-state index is 12.2. The number of hydrogen-bond donors (Lipinski definition) is 3. The Morgan fingerprint density at radius 2 is 2.04 bits per heavy atom. The molecule has 0 bridgehead atoms. The molecule has 9 heteroatoms. The summed E-state index contributed by atoms with van der Waals surface area (Å²) < 4.78 is 0. The molecule has 3 amide bonds. The van der Waals surface area contributed by atoms with Crippen LogP contribution in [0.4, 0.5) is 10.5 Å². The molecule has 146 valence electrons. The first kappa shape index (κ1) is 21.1. The van der Waals surface area contributed by atoms with Crippen molar-refractivity contribution in [2.45, 2.75) is 25.8 Å². The molecule has 0 aliphatic carbocycles. The third-order valence-corrected chi connectivity index (χ3v) is 5.08. The largest absolute Gasteiger partial charge is 0.347 e. The Morgan fingerprint density at radius 1 is 1.26 bits per heavy atom. The summed E-state index contributed by atoms with van der Waals surface area (Å²) in [5.41, 5.74) is 7.56. The molecule has 0 saturated carbocycles. The highest BCUT2D eigenvalue weighted by atomic mass is 35.5. The fraction of sp³-hybridized carbons (Fsp3) is 0.389. The molecule has 1 fully saturated rings. The molecule has 0 unspecified atom stereocenters. The standard InChI is InChI=1S/C18H23N5O2S.ClH/c19-7-6-16-22-15(12-26-16)17(24)20-11-13-4-3-5-14(10-13)21-18(25)23-8-1-2-9-23;/h3-5,10,12H,1-2,6-9,11,19H2,(H,20,24)(H,21,25);1H. The van der Waals surface area contributed by atoms with Crippen LogP contribution < -0.4 is 16.4 Å². The van der Waals surface area contributed by atoms with Crippen LogP contribution in [-0.4, -0.2) is 41.5 Å². The molecular weight excluding hydrogens is 386 g/mol. The minimum atomic E-state index is -0.212. The lowest BCUT2D eigenvalue weighted by Gasteiger charge is -2.16. The summed E-state index contributed by atoms with van der Waals surface area (Å²) in [6.07, 6.45) is 2.79. The van der Waals surface area contributed by atoms with Crippen LogP contribution in [0.5, 0.6) is 0 Å². The first-order valence-electron chi connectivity index (χ1n) is 8.73. The number of nitrogens with two attached hydrogens (primary N) is 1. The summed E-state index contributed by atoms with van der Waals surface area (Å²) in [6, 6.07) is 7.42. The maximum absolute atomic E-state index is 12.2. The van der Waals surface area contributed by atoms with Gasteiger partial charge in [0.05, 0.1) is 5.01 Å². The molecule has 7 nitrogen and oxygen atoms in total. The zero-order chi connectivity index (χ0) is 18.4. The van der Waals surface area contributed by atoms with Gasteiger partial charge in [-0.05, 0) is 37.1 Å². The van der Waals surface area contributed by atoms with Crippen LogP contribution in [0.3, 0.4) is 0 Å². The van der Waals surface area contributed by atoms with Gasteiger partial charge in [0, 0.05) is 37.1 Å². The van der Waals surface area contributed by atoms with Crippen LogP contribution in [0.1, 0.15) is 33.9 Å². The highest BCUT2D eigenvalue weighted by Crippen LogP contribution is 2.15. The molecule has 2 aromatic rings. The van der Waals surface area contributed by atoms with E-state index in [1.807, 2.05) is 29.2 Å². The number of anilines is 1. The Kier molecular flexibility index (Phi) is 8.02. The second kappa shape index (κ2) is 10.2. The zero-order valence-electron chi connectivity index (χ0n) is 14.9. The van der Waals surface area contributed by atoms with Gasteiger partial charge in [-0.15, -0.1) is 23.7 Å². The molecule has 2 heterocycles. The van der Waals surface area contributed by atoms with E-state index in [1.165, 1.54) is 11.3 Å². The molecule has 1 aliphatic heterocycles. The lowest BCUT2D eigenvalue weighted by atomic mass is 10.2. The molecule has 0 spiro atoms. The number of likely N-dealkylation sites (tertiary alicyclic amines) is 1. The van der Waals surface area contributed by atoms with Gasteiger partial charge in [-0.3, -0.25) is 4.79 Å². The summed E-state index contributed by atoms with van der Waals surface area (Å²) in [5, 5.41) is 8.38. The second-order valence-corrected chi connectivity index (χ2v) is 7.12. The number of amides is 3. The van der Waals surface area contributed by atoms with E-state index in [2.05, 4.69) is 15.6 Å². The smallest absolute Gasteiger partial charge is 0.321 e. The number of thiazole rings is 1. The van der Waals surface area contributed by atoms with Gasteiger partial charge in [0.25, 0.3) is 5.91 Å². The highest BCUT2D eigenvalue weighted by Gasteiger charge is 2.17. The van der Waals surface area contributed by atoms with E-state index >= 15 is 0 Å². The van der Waals surface area contributed by atoms with Crippen molar-refractivity contribution in [3.8, 4) is 0 Å². The first-order chi connectivity index (χ1) is 12.7. The zero-order valence-corrected chi connectivity index (χ0v) is 16.6. The van der Waals surface area contributed by atoms with E-state index in [-0.39, 0.29) is 24.3 Å². The second-order valence-electron chi connectivity index (χ2n) is 6.17. The third kappa shape index (κ3) is 5.92. The number of hydrogen-bond acceptors (Lipinski definition) is 5. The van der Waals surface area contributed by atoms with Gasteiger partial charge in [0.1, 0.15) is 5.69 Å². The minimum Gasteiger partial charge on any atom is -0.347 e. The van der Waals surface area contributed by atoms with Crippen molar-refractivity contribution in [1.29, 1.82) is 0 Å². The number of benzene rings is 1. The summed E-state index contributed by atoms with van der Waals surface area (Å²) in [4.78, 5) is 30.5. The molecule has 1 saturated heterocycles. The Labute approximate surface area is 168 Å². The van der Waals surface area contributed by atoms with Crippen molar-refractivity contribution in [2.24, 2.45) is 5.73 Å². The van der Waals surface area contributed by atoms with E-state index in [9.17, 15) is 9.59 Å². The summed E-state index contributed by atoms with van der Waals surface area (Å²) >= 11 is 1.44. The van der Waals surface area contributed by atoms with Gasteiger partial charge in [0.2, 0.25) is 0 Å². The van der Waals surface area contributed by atoms with Crippen LogP contribution in [0.2, 0.25) is 0 Å². The number of aromatic nitrogens is 1. The minimum absolute atomic E-state index is 0. The van der Waals surface area contributed by atoms with E-state index in [1.54, 1.807) is 5.38 Å². The van der Waals surface area contributed by atoms with Crippen molar-refractivity contribution in [2.75, 3.05) is 25.0 Å². The topological polar surface area (TPSA) is 100 Å². The third-order valence-electron chi connectivity index (χ3n) is 4.17. The quantitative estimate of drug-likeness (QED) is 0.682. The number of carbonyl (C=O) groups excluding carboxylic acids is 2. The van der Waals surface area contributed by atoms with Crippen molar-refractivity contribution in [3.63, 3.8) is 0 Å². The predicted molar refractivity (Wildman–Crippen MR) is 110 cm³/mol. The first-order valence-corrected chi connectivity index (χ1v) is 9.61. The molecular formula is C18H24ClN5O2S. The van der Waals surface area contributed by atoms with Crippen LogP contribution >= 0.6 is 23.7 Å². The molecule has 0 radical (unpaired) electrons. The number of nitrogens with one attached hydrogen (secondary N) is 2. The fourth-order valence-electron chi connectivity index (χ4n) is 2.81. The van der Waals surface area contributed by atoms with Crippen LogP contribution in [0.15, 0.2) is 29.6 Å². The summed E-state index contributed by atoms with van der Waals surface area (Å²) in [5.74, 6) is -0.212. The van der Waals surface area contributed by atoms with Gasteiger partial charge in [0.15, 0.2) is 0 Å². The van der Waals surface area contributed by atoms with Gasteiger partial charge < -0.3 is 21.3 Å². The average Bonchev–Trinajstić information content (AvgIpc) is 3.32. The Morgan fingerprint density at radius 3 is 2.78 bits per heavy atom. The number of halogens is 1. The SMILES string of the molecule is Cl.NCCc1nc(C(=O)NCc2cccc(NC(=O)N3CCCC3)c2)cs1. The molecule has 0 atom stereocenters. The summed E-state index contributed by atoms with van der Waals surface area (Å²) in [7, 11) is 0. The molecule has 4 N–H and O–H groups in total. The number of nitrogens with zero attached hydrogens (tertiary/aromatic N) is 2. The Hall–Kier alpha value is -2.16. The van der Waals surface area contributed by atoms with E-state index in [4.69, 9.17) is 5.73 Å². The normalized spacial score (nSPS) is 13.1. The molecule has 1 aromatic heterocycles. The average molecular weight is 410 g/mol. The van der Waals surface area contributed by atoms with Crippen LogP contribution in [0.25, 0.3) is 0 Å². The van der Waals surface area contributed by atoms with Gasteiger partial charge in [-0.1, -0.05) is 12.1 Å². The van der Waals surface area contributed by atoms with Crippen LogP contribution in [0, 0.1) is 0 Å². The molecule has 27 heavy (non-hydrogen) atoms. The number of rotatable bonds is 6. The predicted octanol–water partition coefficient (Wildman–Crippen LogP) is 2.62. The van der Waals surface area contributed by atoms with Crippen molar-refractivity contribution in [3.05, 3.63) is 45.9 Å². The van der Waals surface area contributed by atoms with Crippen molar-refractivity contribution >= 4 is 41.4 Å². The molecule has 3 rings (SSSR count). The number of urea groups is 1. The Balaban J connectivity index is 0.00000261. The molecule has 1 aromatic carbocycles. The lowest BCUT2D eigenvalue weighted by Crippen LogP contribution is -2.32. The molecule has 1 aliphatic rings. The van der Waals surface area contributed by atoms with Gasteiger partial charge in [-0.2, -0.15) is 0 Å². The Bertz CT molecular complexity index is 777. The highest BCUT2D eigenvalue weighted by molar-refractivity contribution is 7.09. The van der Waals surface area contributed by atoms with Gasteiger partial charge in [-0.25, -0.2) is 9.78 Å². The fourth-order valence-corrected chi connectivity index (χ4v) is 3.60. The van der Waals surface area contributed by atoms with Crippen molar-refractivity contribution in [1.82, 2.24) is 15.2 Å².